The minimum absolute atomic E-state index is 0.00853. The van der Waals surface area contributed by atoms with E-state index in [1.165, 1.54) is 12.8 Å². The molecule has 0 aromatic rings. The first kappa shape index (κ1) is 17.5. The van der Waals surface area contributed by atoms with Crippen molar-refractivity contribution in [3.8, 4) is 0 Å². The highest BCUT2D eigenvalue weighted by atomic mass is 16.5. The van der Waals surface area contributed by atoms with E-state index in [1.807, 2.05) is 6.92 Å². The molecule has 1 saturated carbocycles. The van der Waals surface area contributed by atoms with Gasteiger partial charge in [-0.05, 0) is 56.3 Å². The molecule has 118 valence electrons. The summed E-state index contributed by atoms with van der Waals surface area (Å²) in [4.78, 5) is 12.5. The number of hydrogen-bond donors (Lipinski definition) is 0. The zero-order valence-corrected chi connectivity index (χ0v) is 14.6. The summed E-state index contributed by atoms with van der Waals surface area (Å²) in [6.07, 6.45) is 5.43. The van der Waals surface area contributed by atoms with Crippen LogP contribution in [0.3, 0.4) is 0 Å². The van der Waals surface area contributed by atoms with Crippen LogP contribution >= 0.6 is 0 Å². The molecule has 0 aromatic heterocycles. The van der Waals surface area contributed by atoms with E-state index in [9.17, 15) is 4.79 Å². The lowest BCUT2D eigenvalue weighted by atomic mass is 9.71. The monoisotopic (exact) mass is 282 g/mol. The van der Waals surface area contributed by atoms with Gasteiger partial charge in [0.25, 0.3) is 0 Å². The first-order valence-corrected chi connectivity index (χ1v) is 8.32. The Balaban J connectivity index is 2.54. The lowest BCUT2D eigenvalue weighted by Crippen LogP contribution is -2.38. The van der Waals surface area contributed by atoms with Crippen molar-refractivity contribution in [2.75, 3.05) is 0 Å². The van der Waals surface area contributed by atoms with E-state index in [-0.39, 0.29) is 17.5 Å². The highest BCUT2D eigenvalue weighted by Crippen LogP contribution is 2.40. The van der Waals surface area contributed by atoms with Gasteiger partial charge < -0.3 is 4.74 Å². The molecule has 0 aromatic carbocycles. The zero-order valence-electron chi connectivity index (χ0n) is 14.6. The van der Waals surface area contributed by atoms with Crippen molar-refractivity contribution in [1.82, 2.24) is 0 Å². The van der Waals surface area contributed by atoms with Gasteiger partial charge in [0, 0.05) is 0 Å². The van der Waals surface area contributed by atoms with E-state index in [4.69, 9.17) is 4.74 Å². The molecule has 0 radical (unpaired) electrons. The van der Waals surface area contributed by atoms with Crippen LogP contribution in [0.1, 0.15) is 80.6 Å². The van der Waals surface area contributed by atoms with Crippen LogP contribution in [0.2, 0.25) is 0 Å². The summed E-state index contributed by atoms with van der Waals surface area (Å²) in [6.45, 7) is 15.3. The number of ether oxygens (including phenoxy) is 1. The second-order valence-corrected chi connectivity index (χ2v) is 8.17. The van der Waals surface area contributed by atoms with Crippen LogP contribution in [0.15, 0.2) is 0 Å². The predicted octanol–water partition coefficient (Wildman–Crippen LogP) is 5.21. The van der Waals surface area contributed by atoms with E-state index in [0.717, 1.165) is 25.2 Å². The Morgan fingerprint density at radius 2 is 1.60 bits per heavy atom. The topological polar surface area (TPSA) is 26.3 Å². The Labute approximate surface area is 125 Å². The van der Waals surface area contributed by atoms with Gasteiger partial charge in [0.1, 0.15) is 6.10 Å². The fourth-order valence-corrected chi connectivity index (χ4v) is 3.12. The molecule has 20 heavy (non-hydrogen) atoms. The number of carbonyl (C=O) groups is 1. The summed E-state index contributed by atoms with van der Waals surface area (Å²) >= 11 is 0. The molecule has 0 amide bonds. The van der Waals surface area contributed by atoms with Crippen LogP contribution in [0.5, 0.6) is 0 Å². The van der Waals surface area contributed by atoms with Crippen molar-refractivity contribution in [2.45, 2.75) is 86.7 Å². The van der Waals surface area contributed by atoms with Gasteiger partial charge in [0.2, 0.25) is 0 Å². The Kier molecular flexibility index (Phi) is 5.69. The minimum atomic E-state index is -0.332. The SMILES string of the molecule is CC[C@@](C)(C(=O)OC1CCC(C(C)(C)C)CC1)C(C)C. The van der Waals surface area contributed by atoms with Gasteiger partial charge in [-0.3, -0.25) is 4.79 Å². The van der Waals surface area contributed by atoms with Gasteiger partial charge in [0.15, 0.2) is 0 Å². The number of carbonyl (C=O) groups excluding carboxylic acids is 1. The number of esters is 1. The molecule has 0 aliphatic heterocycles. The maximum atomic E-state index is 12.5. The second-order valence-electron chi connectivity index (χ2n) is 8.17. The predicted molar refractivity (Wildman–Crippen MR) is 84.5 cm³/mol. The maximum absolute atomic E-state index is 12.5. The van der Waals surface area contributed by atoms with E-state index < -0.39 is 0 Å². The molecule has 2 nitrogen and oxygen atoms in total. The molecule has 2 heteroatoms. The summed E-state index contributed by atoms with van der Waals surface area (Å²) < 4.78 is 5.83. The van der Waals surface area contributed by atoms with Crippen LogP contribution in [0.4, 0.5) is 0 Å². The maximum Gasteiger partial charge on any atom is 0.312 e. The quantitative estimate of drug-likeness (QED) is 0.662. The molecule has 0 bridgehead atoms. The van der Waals surface area contributed by atoms with Crippen LogP contribution in [0.25, 0.3) is 0 Å². The molecule has 0 unspecified atom stereocenters. The highest BCUT2D eigenvalue weighted by molar-refractivity contribution is 5.76. The molecular formula is C18H34O2. The molecule has 0 N–H and O–H groups in total. The van der Waals surface area contributed by atoms with Gasteiger partial charge >= 0.3 is 5.97 Å². The molecule has 1 aliphatic carbocycles. The molecule has 1 atom stereocenters. The van der Waals surface area contributed by atoms with Crippen molar-refractivity contribution in [2.24, 2.45) is 22.7 Å². The van der Waals surface area contributed by atoms with E-state index in [1.54, 1.807) is 0 Å². The lowest BCUT2D eigenvalue weighted by molar-refractivity contribution is -0.166. The van der Waals surface area contributed by atoms with Crippen molar-refractivity contribution in [3.05, 3.63) is 0 Å². The standard InChI is InChI=1S/C18H34O2/c1-8-18(7,13(2)3)16(19)20-15-11-9-14(10-12-15)17(4,5)6/h13-15H,8-12H2,1-7H3/t14?,15?,18-/m1/s1. The molecular weight excluding hydrogens is 248 g/mol. The van der Waals surface area contributed by atoms with Gasteiger partial charge in [0.05, 0.1) is 5.41 Å². The molecule has 1 fully saturated rings. The molecule has 1 rings (SSSR count). The number of hydrogen-bond acceptors (Lipinski definition) is 2. The lowest BCUT2D eigenvalue weighted by Gasteiger charge is -2.38. The fourth-order valence-electron chi connectivity index (χ4n) is 3.12. The summed E-state index contributed by atoms with van der Waals surface area (Å²) in [7, 11) is 0. The molecule has 1 aliphatic rings. The second kappa shape index (κ2) is 6.49. The van der Waals surface area contributed by atoms with Gasteiger partial charge in [-0.25, -0.2) is 0 Å². The Morgan fingerprint density at radius 1 is 1.10 bits per heavy atom. The van der Waals surface area contributed by atoms with Crippen LogP contribution in [-0.4, -0.2) is 12.1 Å². The van der Waals surface area contributed by atoms with Gasteiger partial charge in [-0.15, -0.1) is 0 Å². The van der Waals surface area contributed by atoms with Crippen molar-refractivity contribution < 1.29 is 9.53 Å². The van der Waals surface area contributed by atoms with E-state index in [0.29, 0.717) is 11.3 Å². The van der Waals surface area contributed by atoms with Crippen LogP contribution in [-0.2, 0) is 9.53 Å². The average Bonchev–Trinajstić information content (AvgIpc) is 2.36. The largest absolute Gasteiger partial charge is 0.462 e. The van der Waals surface area contributed by atoms with Gasteiger partial charge in [-0.2, -0.15) is 0 Å². The third-order valence-electron chi connectivity index (χ3n) is 5.65. The Morgan fingerprint density at radius 3 is 1.95 bits per heavy atom. The first-order chi connectivity index (χ1) is 9.11. The Bertz CT molecular complexity index is 319. The van der Waals surface area contributed by atoms with E-state index in [2.05, 4.69) is 41.5 Å². The van der Waals surface area contributed by atoms with Crippen molar-refractivity contribution >= 4 is 5.97 Å². The molecule has 0 spiro atoms. The first-order valence-electron chi connectivity index (χ1n) is 8.32. The molecule has 0 heterocycles. The summed E-state index contributed by atoms with van der Waals surface area (Å²) in [5, 5.41) is 0. The van der Waals surface area contributed by atoms with Crippen molar-refractivity contribution in [1.29, 1.82) is 0 Å². The Hall–Kier alpha value is -0.530. The summed E-state index contributed by atoms with van der Waals surface area (Å²) in [5.41, 5.74) is 0.0473. The molecule has 0 saturated heterocycles. The highest BCUT2D eigenvalue weighted by Gasteiger charge is 2.39. The average molecular weight is 282 g/mol. The van der Waals surface area contributed by atoms with Crippen LogP contribution in [0, 0.1) is 22.7 Å². The smallest absolute Gasteiger partial charge is 0.312 e. The van der Waals surface area contributed by atoms with Crippen LogP contribution < -0.4 is 0 Å². The summed E-state index contributed by atoms with van der Waals surface area (Å²) in [5.74, 6) is 1.10. The fraction of sp³-hybridized carbons (Fsp3) is 0.944. The third kappa shape index (κ3) is 3.99. The minimum Gasteiger partial charge on any atom is -0.462 e. The van der Waals surface area contributed by atoms with Gasteiger partial charge in [-0.1, -0.05) is 41.5 Å². The zero-order chi connectivity index (χ0) is 15.6. The summed E-state index contributed by atoms with van der Waals surface area (Å²) in [6, 6.07) is 0. The van der Waals surface area contributed by atoms with E-state index >= 15 is 0 Å². The van der Waals surface area contributed by atoms with Crippen molar-refractivity contribution in [3.63, 3.8) is 0 Å². The third-order valence-corrected chi connectivity index (χ3v) is 5.65. The normalized spacial score (nSPS) is 27.2. The number of rotatable bonds is 4.